The Morgan fingerprint density at radius 1 is 0.923 bits per heavy atom. The number of allylic oxidation sites excluding steroid dienone is 3. The first-order chi connectivity index (χ1) is 24.8. The van der Waals surface area contributed by atoms with Crippen molar-refractivity contribution in [2.75, 3.05) is 17.2 Å². The number of rotatable bonds is 15. The Morgan fingerprint density at radius 3 is 2.35 bits per heavy atom. The van der Waals surface area contributed by atoms with Crippen LogP contribution in [0.2, 0.25) is 0 Å². The molecule has 1 atom stereocenters. The van der Waals surface area contributed by atoms with Crippen molar-refractivity contribution in [3.63, 3.8) is 0 Å². The summed E-state index contributed by atoms with van der Waals surface area (Å²) < 4.78 is 0. The van der Waals surface area contributed by atoms with E-state index in [0.717, 1.165) is 65.7 Å². The van der Waals surface area contributed by atoms with Gasteiger partial charge in [0.2, 0.25) is 5.91 Å². The number of anilines is 2. The molecule has 2 aliphatic rings. The van der Waals surface area contributed by atoms with Crippen molar-refractivity contribution in [3.8, 4) is 0 Å². The number of carbonyl (C=O) groups is 5. The third kappa shape index (κ3) is 9.64. The van der Waals surface area contributed by atoms with Crippen LogP contribution in [-0.2, 0) is 40.2 Å². The van der Waals surface area contributed by atoms with Crippen LogP contribution < -0.4 is 10.6 Å². The number of hydrogen-bond acceptors (Lipinski definition) is 6. The lowest BCUT2D eigenvalue weighted by Crippen LogP contribution is -2.37. The first-order valence-electron chi connectivity index (χ1n) is 17.9. The van der Waals surface area contributed by atoms with E-state index in [-0.39, 0.29) is 30.7 Å². The number of benzene rings is 2. The Kier molecular flexibility index (Phi) is 12.5. The van der Waals surface area contributed by atoms with Crippen LogP contribution in [0.25, 0.3) is 0 Å². The minimum Gasteiger partial charge on any atom is -0.481 e. The van der Waals surface area contributed by atoms with Crippen LogP contribution in [0.4, 0.5) is 10.7 Å². The zero-order valence-electron chi connectivity index (χ0n) is 30.0. The highest BCUT2D eigenvalue weighted by Crippen LogP contribution is 2.39. The Morgan fingerprint density at radius 2 is 1.67 bits per heavy atom. The molecule has 0 fully saturated rings. The van der Waals surface area contributed by atoms with Crippen LogP contribution >= 0.6 is 11.3 Å². The number of thiophene rings is 1. The normalized spacial score (nSPS) is 15.3. The van der Waals surface area contributed by atoms with Gasteiger partial charge in [-0.25, -0.2) is 0 Å². The van der Waals surface area contributed by atoms with Gasteiger partial charge in [0.15, 0.2) is 0 Å². The monoisotopic (exact) mass is 725 g/mol. The number of hydrogen-bond donors (Lipinski definition) is 4. The van der Waals surface area contributed by atoms with Crippen molar-refractivity contribution in [1.82, 2.24) is 4.90 Å². The maximum absolute atomic E-state index is 13.8. The van der Waals surface area contributed by atoms with Gasteiger partial charge in [0.25, 0.3) is 11.8 Å². The molecule has 0 saturated carbocycles. The molecule has 0 spiro atoms. The zero-order chi connectivity index (χ0) is 37.4. The predicted octanol–water partition coefficient (Wildman–Crippen LogP) is 7.89. The molecule has 274 valence electrons. The van der Waals surface area contributed by atoms with Crippen LogP contribution in [0.15, 0.2) is 72.3 Å². The highest BCUT2D eigenvalue weighted by atomic mass is 32.1. The van der Waals surface area contributed by atoms with Gasteiger partial charge in [0.1, 0.15) is 5.00 Å². The summed E-state index contributed by atoms with van der Waals surface area (Å²) in [6, 6.07) is 14.7. The maximum Gasteiger partial charge on any atom is 0.310 e. The summed E-state index contributed by atoms with van der Waals surface area (Å²) in [5.74, 6) is -3.20. The van der Waals surface area contributed by atoms with Crippen LogP contribution in [0.5, 0.6) is 0 Å². The molecule has 2 aromatic carbocycles. The molecule has 52 heavy (non-hydrogen) atoms. The summed E-state index contributed by atoms with van der Waals surface area (Å²) in [6.07, 6.45) is 11.9. The van der Waals surface area contributed by atoms with Gasteiger partial charge in [-0.15, -0.1) is 11.3 Å². The van der Waals surface area contributed by atoms with Gasteiger partial charge in [-0.2, -0.15) is 0 Å². The van der Waals surface area contributed by atoms with Gasteiger partial charge in [-0.3, -0.25) is 24.0 Å². The molecule has 0 bridgehead atoms. The molecule has 4 N–H and O–H groups in total. The number of carbonyl (C=O) groups excluding carboxylic acids is 3. The van der Waals surface area contributed by atoms with Crippen molar-refractivity contribution < 1.29 is 34.2 Å². The van der Waals surface area contributed by atoms with Gasteiger partial charge in [0.05, 0.1) is 16.9 Å². The Balaban J connectivity index is 1.26. The van der Waals surface area contributed by atoms with E-state index in [4.69, 9.17) is 0 Å². The van der Waals surface area contributed by atoms with Crippen molar-refractivity contribution in [2.45, 2.75) is 85.1 Å². The lowest BCUT2D eigenvalue weighted by Gasteiger charge is -2.26. The van der Waals surface area contributed by atoms with Crippen LogP contribution in [0.1, 0.15) is 102 Å². The van der Waals surface area contributed by atoms with Gasteiger partial charge in [-0.05, 0) is 106 Å². The van der Waals surface area contributed by atoms with E-state index in [2.05, 4.69) is 10.6 Å². The zero-order valence-corrected chi connectivity index (χ0v) is 30.8. The summed E-state index contributed by atoms with van der Waals surface area (Å²) in [4.78, 5) is 66.2. The number of aliphatic carboxylic acids is 2. The number of fused-ring (bicyclic) bond motifs is 1. The van der Waals surface area contributed by atoms with E-state index in [1.165, 1.54) is 25.2 Å². The molecular weight excluding hydrogens is 679 g/mol. The second-order valence-electron chi connectivity index (χ2n) is 14.2. The standard InChI is InChI=1S/C41H47N3O7S/c1-4-22-44(34(45)24-41(2,3)40(50)51)25-28-8-7-9-30(23-28)36(46)43-38-35(32-10-5-6-11-33(32)52-38)37(47)42-31-20-16-27(17-21-31)13-12-26-14-18-29(19-15-26)39(48)49/h7-9,14-18,20-21,23,29H,4-6,10-13,19,22,24-25H2,1-3H3,(H,42,47)(H,43,46)(H,48,49)(H,50,51). The lowest BCUT2D eigenvalue weighted by molar-refractivity contribution is -0.151. The predicted molar refractivity (Wildman–Crippen MR) is 203 cm³/mol. The molecule has 0 aliphatic heterocycles. The number of aryl methyl sites for hydroxylation is 2. The molecule has 1 heterocycles. The van der Waals surface area contributed by atoms with Gasteiger partial charge < -0.3 is 25.7 Å². The van der Waals surface area contributed by atoms with Gasteiger partial charge in [-0.1, -0.05) is 55.0 Å². The molecular formula is C41H47N3O7S. The Hall–Kier alpha value is -5.03. The average molecular weight is 726 g/mol. The average Bonchev–Trinajstić information content (AvgIpc) is 3.49. The summed E-state index contributed by atoms with van der Waals surface area (Å²) in [5.41, 5.74) is 4.27. The highest BCUT2D eigenvalue weighted by molar-refractivity contribution is 7.17. The number of nitrogens with one attached hydrogen (secondary N) is 2. The highest BCUT2D eigenvalue weighted by Gasteiger charge is 2.32. The molecule has 0 radical (unpaired) electrons. The van der Waals surface area contributed by atoms with Crippen LogP contribution in [-0.4, -0.2) is 51.3 Å². The molecule has 11 heteroatoms. The lowest BCUT2D eigenvalue weighted by atomic mass is 9.89. The molecule has 0 saturated heterocycles. The fourth-order valence-corrected chi connectivity index (χ4v) is 7.78. The summed E-state index contributed by atoms with van der Waals surface area (Å²) in [6.45, 7) is 5.72. The quantitative estimate of drug-likeness (QED) is 0.124. The van der Waals surface area contributed by atoms with Crippen LogP contribution in [0, 0.1) is 11.3 Å². The third-order valence-electron chi connectivity index (χ3n) is 9.61. The second-order valence-corrected chi connectivity index (χ2v) is 15.3. The third-order valence-corrected chi connectivity index (χ3v) is 10.8. The molecule has 1 aromatic heterocycles. The van der Waals surface area contributed by atoms with Gasteiger partial charge >= 0.3 is 11.9 Å². The minimum atomic E-state index is -1.19. The maximum atomic E-state index is 13.8. The van der Waals surface area contributed by atoms with Crippen molar-refractivity contribution in [2.24, 2.45) is 11.3 Å². The summed E-state index contributed by atoms with van der Waals surface area (Å²) in [7, 11) is 0. The molecule has 3 aromatic rings. The molecule has 5 rings (SSSR count). The molecule has 1 unspecified atom stereocenters. The van der Waals surface area contributed by atoms with Crippen molar-refractivity contribution in [1.29, 1.82) is 0 Å². The number of carboxylic acid groups (broad SMARTS) is 2. The number of nitrogens with zero attached hydrogens (tertiary/aromatic N) is 1. The SMILES string of the molecule is CCCN(Cc1cccc(C(=O)Nc2sc3c(c2C(=O)Nc2ccc(CCC4=CCC(C(=O)O)C=C4)cc2)CCCC3)c1)C(=O)CC(C)(C)C(=O)O. The van der Waals surface area contributed by atoms with E-state index >= 15 is 0 Å². The van der Waals surface area contributed by atoms with E-state index in [1.807, 2.05) is 49.4 Å². The van der Waals surface area contributed by atoms with Crippen LogP contribution in [0.3, 0.4) is 0 Å². The summed E-state index contributed by atoms with van der Waals surface area (Å²) in [5, 5.41) is 25.3. The number of amides is 3. The Bertz CT molecular complexity index is 1890. The van der Waals surface area contributed by atoms with E-state index in [1.54, 1.807) is 29.2 Å². The largest absolute Gasteiger partial charge is 0.481 e. The first kappa shape index (κ1) is 38.2. The molecule has 3 amide bonds. The van der Waals surface area contributed by atoms with Crippen molar-refractivity contribution >= 4 is 51.7 Å². The van der Waals surface area contributed by atoms with E-state index in [0.29, 0.717) is 41.2 Å². The Labute approximate surface area is 308 Å². The topological polar surface area (TPSA) is 153 Å². The molecule has 2 aliphatic carbocycles. The second kappa shape index (κ2) is 17.0. The fraction of sp³-hybridized carbons (Fsp3) is 0.390. The smallest absolute Gasteiger partial charge is 0.310 e. The minimum absolute atomic E-state index is 0.130. The van der Waals surface area contributed by atoms with E-state index < -0.39 is 23.3 Å². The molecule has 10 nitrogen and oxygen atoms in total. The fourth-order valence-electron chi connectivity index (χ4n) is 6.50. The first-order valence-corrected chi connectivity index (χ1v) is 18.7. The van der Waals surface area contributed by atoms with E-state index in [9.17, 15) is 34.2 Å². The van der Waals surface area contributed by atoms with Gasteiger partial charge in [0, 0.05) is 35.6 Å². The number of carboxylic acids is 2. The van der Waals surface area contributed by atoms with Crippen molar-refractivity contribution in [3.05, 3.63) is 105 Å². The summed E-state index contributed by atoms with van der Waals surface area (Å²) >= 11 is 1.44.